The van der Waals surface area contributed by atoms with Gasteiger partial charge in [-0.3, -0.25) is 0 Å². The minimum absolute atomic E-state index is 0.219. The number of terminal acetylenes is 1. The first kappa shape index (κ1) is 11.9. The Morgan fingerprint density at radius 2 is 1.73 bits per heavy atom. The fourth-order valence-electron chi connectivity index (χ4n) is 1.67. The Bertz CT molecular complexity index is 343. The monoisotopic (exact) mass is 200 g/mol. The summed E-state index contributed by atoms with van der Waals surface area (Å²) in [5.74, 6) is 3.09. The highest BCUT2D eigenvalue weighted by Gasteiger charge is 2.13. The van der Waals surface area contributed by atoms with Crippen molar-refractivity contribution in [1.29, 1.82) is 0 Å². The van der Waals surface area contributed by atoms with Crippen LogP contribution in [0.3, 0.4) is 0 Å². The SMILES string of the molecule is C#CC(CC)c1ccc(C(C)(C)C)cc1. The van der Waals surface area contributed by atoms with Crippen molar-refractivity contribution >= 4 is 0 Å². The van der Waals surface area contributed by atoms with Crippen molar-refractivity contribution in [3.63, 3.8) is 0 Å². The van der Waals surface area contributed by atoms with Crippen molar-refractivity contribution in [2.45, 2.75) is 45.4 Å². The topological polar surface area (TPSA) is 0 Å². The number of rotatable bonds is 2. The Hall–Kier alpha value is -1.22. The van der Waals surface area contributed by atoms with E-state index < -0.39 is 0 Å². The molecular weight excluding hydrogens is 180 g/mol. The smallest absolute Gasteiger partial charge is 0.0447 e. The molecule has 1 atom stereocenters. The van der Waals surface area contributed by atoms with Crippen LogP contribution >= 0.6 is 0 Å². The zero-order valence-corrected chi connectivity index (χ0v) is 10.2. The molecule has 0 aliphatic carbocycles. The highest BCUT2D eigenvalue weighted by Crippen LogP contribution is 2.25. The molecule has 0 N–H and O–H groups in total. The second kappa shape index (κ2) is 4.53. The average Bonchev–Trinajstić information content (AvgIpc) is 2.19. The van der Waals surface area contributed by atoms with Crippen molar-refractivity contribution in [2.24, 2.45) is 0 Å². The highest BCUT2D eigenvalue weighted by atomic mass is 14.2. The molecule has 15 heavy (non-hydrogen) atoms. The molecule has 0 spiro atoms. The molecule has 0 heterocycles. The molecule has 1 aromatic carbocycles. The van der Waals surface area contributed by atoms with E-state index in [0.29, 0.717) is 0 Å². The van der Waals surface area contributed by atoms with Crippen molar-refractivity contribution in [3.05, 3.63) is 35.4 Å². The Morgan fingerprint density at radius 3 is 2.07 bits per heavy atom. The second-order valence-electron chi connectivity index (χ2n) is 5.00. The van der Waals surface area contributed by atoms with Crippen LogP contribution in [0.4, 0.5) is 0 Å². The van der Waals surface area contributed by atoms with Crippen molar-refractivity contribution in [3.8, 4) is 12.3 Å². The molecule has 0 aliphatic heterocycles. The fraction of sp³-hybridized carbons (Fsp3) is 0.467. The minimum Gasteiger partial charge on any atom is -0.119 e. The molecule has 0 bridgehead atoms. The Morgan fingerprint density at radius 1 is 1.20 bits per heavy atom. The quantitative estimate of drug-likeness (QED) is 0.630. The zero-order chi connectivity index (χ0) is 11.5. The third-order valence-electron chi connectivity index (χ3n) is 2.79. The summed E-state index contributed by atoms with van der Waals surface area (Å²) in [6.07, 6.45) is 6.49. The summed E-state index contributed by atoms with van der Waals surface area (Å²) in [5, 5.41) is 0. The van der Waals surface area contributed by atoms with Crippen LogP contribution in [0.5, 0.6) is 0 Å². The molecule has 0 saturated heterocycles. The van der Waals surface area contributed by atoms with Gasteiger partial charge in [0.1, 0.15) is 0 Å². The molecule has 0 heteroatoms. The third kappa shape index (κ3) is 2.86. The van der Waals surface area contributed by atoms with Crippen LogP contribution in [-0.2, 0) is 5.41 Å². The molecule has 0 aliphatic rings. The fourth-order valence-corrected chi connectivity index (χ4v) is 1.67. The van der Waals surface area contributed by atoms with Gasteiger partial charge in [-0.15, -0.1) is 6.42 Å². The Kier molecular flexibility index (Phi) is 3.58. The van der Waals surface area contributed by atoms with E-state index in [-0.39, 0.29) is 11.3 Å². The van der Waals surface area contributed by atoms with Crippen LogP contribution in [0.25, 0.3) is 0 Å². The highest BCUT2D eigenvalue weighted by molar-refractivity contribution is 5.32. The first-order valence-electron chi connectivity index (χ1n) is 5.55. The molecule has 0 saturated carbocycles. The predicted octanol–water partition coefficient (Wildman–Crippen LogP) is 4.11. The van der Waals surface area contributed by atoms with Crippen LogP contribution in [-0.4, -0.2) is 0 Å². The van der Waals surface area contributed by atoms with Gasteiger partial charge in [0.25, 0.3) is 0 Å². The first-order chi connectivity index (χ1) is 6.99. The average molecular weight is 200 g/mol. The van der Waals surface area contributed by atoms with E-state index in [2.05, 4.69) is 57.9 Å². The lowest BCUT2D eigenvalue weighted by Crippen LogP contribution is -2.10. The van der Waals surface area contributed by atoms with E-state index in [1.54, 1.807) is 0 Å². The van der Waals surface area contributed by atoms with Crippen LogP contribution in [0, 0.1) is 12.3 Å². The predicted molar refractivity (Wildman–Crippen MR) is 67.0 cm³/mol. The lowest BCUT2D eigenvalue weighted by Gasteiger charge is -2.19. The molecule has 1 aromatic rings. The molecule has 0 fully saturated rings. The first-order valence-corrected chi connectivity index (χ1v) is 5.55. The Balaban J connectivity index is 2.96. The molecule has 0 radical (unpaired) electrons. The van der Waals surface area contributed by atoms with Crippen molar-refractivity contribution < 1.29 is 0 Å². The van der Waals surface area contributed by atoms with E-state index >= 15 is 0 Å². The van der Waals surface area contributed by atoms with Gasteiger partial charge in [0.2, 0.25) is 0 Å². The molecule has 1 unspecified atom stereocenters. The lowest BCUT2D eigenvalue weighted by molar-refractivity contribution is 0.589. The number of hydrogen-bond acceptors (Lipinski definition) is 0. The van der Waals surface area contributed by atoms with Gasteiger partial charge < -0.3 is 0 Å². The largest absolute Gasteiger partial charge is 0.119 e. The molecule has 0 nitrogen and oxygen atoms in total. The van der Waals surface area contributed by atoms with Gasteiger partial charge in [0.15, 0.2) is 0 Å². The lowest BCUT2D eigenvalue weighted by atomic mass is 9.85. The van der Waals surface area contributed by atoms with Crippen molar-refractivity contribution in [1.82, 2.24) is 0 Å². The van der Waals surface area contributed by atoms with E-state index in [0.717, 1.165) is 6.42 Å². The second-order valence-corrected chi connectivity index (χ2v) is 5.00. The summed E-state index contributed by atoms with van der Waals surface area (Å²) < 4.78 is 0. The molecule has 0 aromatic heterocycles. The number of hydrogen-bond donors (Lipinski definition) is 0. The summed E-state index contributed by atoms with van der Waals surface area (Å²) in [6, 6.07) is 8.70. The molecular formula is C15H20. The summed E-state index contributed by atoms with van der Waals surface area (Å²) in [6.45, 7) is 8.80. The maximum Gasteiger partial charge on any atom is 0.0447 e. The van der Waals surface area contributed by atoms with Gasteiger partial charge in [-0.2, -0.15) is 0 Å². The zero-order valence-electron chi connectivity index (χ0n) is 10.2. The van der Waals surface area contributed by atoms with E-state index in [1.165, 1.54) is 11.1 Å². The van der Waals surface area contributed by atoms with Gasteiger partial charge in [-0.25, -0.2) is 0 Å². The van der Waals surface area contributed by atoms with E-state index in [9.17, 15) is 0 Å². The minimum atomic E-state index is 0.219. The van der Waals surface area contributed by atoms with Crippen LogP contribution in [0.15, 0.2) is 24.3 Å². The third-order valence-corrected chi connectivity index (χ3v) is 2.79. The van der Waals surface area contributed by atoms with E-state index in [4.69, 9.17) is 6.42 Å². The standard InChI is InChI=1S/C15H20/c1-6-12(7-2)13-8-10-14(11-9-13)15(3,4)5/h1,8-12H,7H2,2-5H3. The van der Waals surface area contributed by atoms with E-state index in [1.807, 2.05) is 0 Å². The van der Waals surface area contributed by atoms with Gasteiger partial charge >= 0.3 is 0 Å². The van der Waals surface area contributed by atoms with Crippen molar-refractivity contribution in [2.75, 3.05) is 0 Å². The summed E-state index contributed by atoms with van der Waals surface area (Å²) >= 11 is 0. The van der Waals surface area contributed by atoms with Crippen LogP contribution in [0.2, 0.25) is 0 Å². The van der Waals surface area contributed by atoms with Crippen LogP contribution in [0.1, 0.15) is 51.2 Å². The summed E-state index contributed by atoms with van der Waals surface area (Å²) in [4.78, 5) is 0. The molecule has 1 rings (SSSR count). The molecule has 80 valence electrons. The summed E-state index contributed by atoms with van der Waals surface area (Å²) in [7, 11) is 0. The van der Waals surface area contributed by atoms with Crippen LogP contribution < -0.4 is 0 Å². The van der Waals surface area contributed by atoms with Gasteiger partial charge in [0, 0.05) is 5.92 Å². The van der Waals surface area contributed by atoms with Gasteiger partial charge in [0.05, 0.1) is 0 Å². The summed E-state index contributed by atoms with van der Waals surface area (Å²) in [5.41, 5.74) is 2.84. The number of benzene rings is 1. The molecule has 0 amide bonds. The normalized spacial score (nSPS) is 13.3. The maximum absolute atomic E-state index is 5.49. The van der Waals surface area contributed by atoms with Gasteiger partial charge in [-0.05, 0) is 23.0 Å². The van der Waals surface area contributed by atoms with Gasteiger partial charge in [-0.1, -0.05) is 57.9 Å². The maximum atomic E-state index is 5.49. The Labute approximate surface area is 93.7 Å².